The van der Waals surface area contributed by atoms with E-state index in [0.717, 1.165) is 45.2 Å². The zero-order valence-corrected chi connectivity index (χ0v) is 18.2. The number of carbonyl (C=O) groups is 1. The minimum Gasteiger partial charge on any atom is -0.497 e. The molecule has 0 radical (unpaired) electrons. The third kappa shape index (κ3) is 2.40. The van der Waals surface area contributed by atoms with Crippen LogP contribution in [0, 0.1) is 6.92 Å². The van der Waals surface area contributed by atoms with E-state index >= 15 is 0 Å². The van der Waals surface area contributed by atoms with Gasteiger partial charge in [-0.3, -0.25) is 4.79 Å². The molecule has 1 spiro atoms. The molecule has 3 aromatic carbocycles. The Bertz CT molecular complexity index is 1280. The van der Waals surface area contributed by atoms with Gasteiger partial charge in [-0.25, -0.2) is 5.01 Å². The standard InChI is InChI=1S/C26H23N3O3/c1-16-8-13-22-20(14-16)26(25(30)28(22)2)29-23(19-6-4-5-7-24(19)32-26)15-21(27-29)17-9-11-18(31-3)12-10-17/h4-14,23H,15H2,1-3H3. The minimum absolute atomic E-state index is 0.0964. The lowest BCUT2D eigenvalue weighted by Gasteiger charge is -2.44. The Balaban J connectivity index is 1.56. The highest BCUT2D eigenvalue weighted by atomic mass is 16.5. The number of benzene rings is 3. The number of fused-ring (bicyclic) bond motifs is 6. The Hall–Kier alpha value is -3.80. The summed E-state index contributed by atoms with van der Waals surface area (Å²) in [7, 11) is 3.45. The molecule has 6 heteroatoms. The molecule has 0 saturated carbocycles. The number of para-hydroxylation sites is 1. The first-order valence-corrected chi connectivity index (χ1v) is 10.7. The summed E-state index contributed by atoms with van der Waals surface area (Å²) >= 11 is 0. The van der Waals surface area contributed by atoms with Gasteiger partial charge in [0, 0.05) is 19.0 Å². The Morgan fingerprint density at radius 2 is 1.88 bits per heavy atom. The van der Waals surface area contributed by atoms with E-state index in [-0.39, 0.29) is 11.9 Å². The molecule has 160 valence electrons. The van der Waals surface area contributed by atoms with E-state index in [1.54, 1.807) is 19.1 Å². The number of nitrogens with zero attached hydrogens (tertiary/aromatic N) is 3. The molecule has 0 aliphatic carbocycles. The van der Waals surface area contributed by atoms with Gasteiger partial charge in [-0.1, -0.05) is 29.8 Å². The molecule has 0 bridgehead atoms. The van der Waals surface area contributed by atoms with Crippen molar-refractivity contribution in [1.29, 1.82) is 0 Å². The summed E-state index contributed by atoms with van der Waals surface area (Å²) in [6.07, 6.45) is 0.687. The number of aryl methyl sites for hydroxylation is 1. The third-order valence-electron chi connectivity index (χ3n) is 6.66. The predicted molar refractivity (Wildman–Crippen MR) is 122 cm³/mol. The van der Waals surface area contributed by atoms with Crippen molar-refractivity contribution in [2.75, 3.05) is 19.1 Å². The molecule has 6 rings (SSSR count). The van der Waals surface area contributed by atoms with Crippen LogP contribution in [0.1, 0.15) is 34.7 Å². The number of carbonyl (C=O) groups excluding carboxylic acids is 1. The van der Waals surface area contributed by atoms with Gasteiger partial charge in [-0.15, -0.1) is 0 Å². The van der Waals surface area contributed by atoms with Crippen LogP contribution >= 0.6 is 0 Å². The van der Waals surface area contributed by atoms with Crippen molar-refractivity contribution in [3.8, 4) is 11.5 Å². The van der Waals surface area contributed by atoms with Gasteiger partial charge in [-0.2, -0.15) is 5.10 Å². The van der Waals surface area contributed by atoms with Gasteiger partial charge in [0.05, 0.1) is 30.1 Å². The highest BCUT2D eigenvalue weighted by molar-refractivity contribution is 6.08. The Morgan fingerprint density at radius 3 is 2.66 bits per heavy atom. The summed E-state index contributed by atoms with van der Waals surface area (Å²) in [5.74, 6) is 1.40. The smallest absolute Gasteiger partial charge is 0.306 e. The van der Waals surface area contributed by atoms with Gasteiger partial charge >= 0.3 is 5.72 Å². The SMILES string of the molecule is COc1ccc(C2=NN3C(C2)c2ccccc2OC32C(=O)N(C)c3ccc(C)cc32)cc1. The molecule has 0 fully saturated rings. The molecule has 3 aliphatic heterocycles. The second-order valence-electron chi connectivity index (χ2n) is 8.51. The largest absolute Gasteiger partial charge is 0.497 e. The van der Waals surface area contributed by atoms with Gasteiger partial charge in [0.25, 0.3) is 5.91 Å². The van der Waals surface area contributed by atoms with Crippen molar-refractivity contribution in [2.24, 2.45) is 5.10 Å². The number of methoxy groups -OCH3 is 1. The van der Waals surface area contributed by atoms with E-state index in [4.69, 9.17) is 14.6 Å². The fraction of sp³-hybridized carbons (Fsp3) is 0.231. The van der Waals surface area contributed by atoms with E-state index in [1.165, 1.54) is 0 Å². The summed E-state index contributed by atoms with van der Waals surface area (Å²) in [5.41, 5.74) is 4.43. The summed E-state index contributed by atoms with van der Waals surface area (Å²) in [6.45, 7) is 2.03. The van der Waals surface area contributed by atoms with E-state index in [2.05, 4.69) is 6.07 Å². The molecule has 0 N–H and O–H groups in total. The van der Waals surface area contributed by atoms with Crippen LogP contribution in [0.5, 0.6) is 11.5 Å². The molecule has 6 nitrogen and oxygen atoms in total. The predicted octanol–water partition coefficient (Wildman–Crippen LogP) is 4.38. The fourth-order valence-corrected chi connectivity index (χ4v) is 5.04. The van der Waals surface area contributed by atoms with Gasteiger partial charge in [0.1, 0.15) is 11.5 Å². The Morgan fingerprint density at radius 1 is 1.09 bits per heavy atom. The number of ether oxygens (including phenoxy) is 2. The van der Waals surface area contributed by atoms with Crippen LogP contribution in [-0.2, 0) is 10.5 Å². The van der Waals surface area contributed by atoms with Crippen LogP contribution in [0.25, 0.3) is 0 Å². The second kappa shape index (κ2) is 6.60. The maximum Gasteiger partial charge on any atom is 0.306 e. The van der Waals surface area contributed by atoms with Crippen LogP contribution in [0.4, 0.5) is 5.69 Å². The summed E-state index contributed by atoms with van der Waals surface area (Å²) < 4.78 is 11.9. The number of hydrogen-bond acceptors (Lipinski definition) is 5. The number of amides is 1. The zero-order chi connectivity index (χ0) is 22.0. The number of rotatable bonds is 2. The molecule has 32 heavy (non-hydrogen) atoms. The number of anilines is 1. The van der Waals surface area contributed by atoms with Crippen molar-refractivity contribution in [1.82, 2.24) is 5.01 Å². The number of hydrogen-bond donors (Lipinski definition) is 0. The quantitative estimate of drug-likeness (QED) is 0.612. The Kier molecular flexibility index (Phi) is 3.90. The van der Waals surface area contributed by atoms with Crippen molar-refractivity contribution >= 4 is 17.3 Å². The topological polar surface area (TPSA) is 54.4 Å². The van der Waals surface area contributed by atoms with E-state index in [0.29, 0.717) is 6.42 Å². The highest BCUT2D eigenvalue weighted by Crippen LogP contribution is 2.55. The lowest BCUT2D eigenvalue weighted by Crippen LogP contribution is -2.56. The van der Waals surface area contributed by atoms with E-state index < -0.39 is 5.72 Å². The monoisotopic (exact) mass is 425 g/mol. The molecule has 3 aromatic rings. The Labute approximate surface area is 186 Å². The van der Waals surface area contributed by atoms with Crippen molar-refractivity contribution in [3.63, 3.8) is 0 Å². The normalized spacial score (nSPS) is 22.9. The van der Waals surface area contributed by atoms with Crippen molar-refractivity contribution < 1.29 is 14.3 Å². The number of likely N-dealkylation sites (N-methyl/N-ethyl adjacent to an activating group) is 1. The van der Waals surface area contributed by atoms with Crippen LogP contribution in [0.15, 0.2) is 71.8 Å². The van der Waals surface area contributed by atoms with Crippen LogP contribution < -0.4 is 14.4 Å². The van der Waals surface area contributed by atoms with Gasteiger partial charge < -0.3 is 14.4 Å². The van der Waals surface area contributed by atoms with Crippen LogP contribution in [-0.4, -0.2) is 30.8 Å². The molecular formula is C26H23N3O3. The van der Waals surface area contributed by atoms with Gasteiger partial charge in [-0.05, 0) is 55.0 Å². The van der Waals surface area contributed by atoms with Crippen molar-refractivity contribution in [2.45, 2.75) is 25.1 Å². The van der Waals surface area contributed by atoms with Crippen molar-refractivity contribution in [3.05, 3.63) is 89.0 Å². The molecule has 0 aromatic heterocycles. The van der Waals surface area contributed by atoms with E-state index in [9.17, 15) is 4.79 Å². The van der Waals surface area contributed by atoms with Gasteiger partial charge in [0.2, 0.25) is 0 Å². The molecule has 3 heterocycles. The summed E-state index contributed by atoms with van der Waals surface area (Å²) in [5, 5.41) is 6.91. The second-order valence-corrected chi connectivity index (χ2v) is 8.51. The lowest BCUT2D eigenvalue weighted by atomic mass is 9.92. The molecule has 3 aliphatic rings. The first-order valence-electron chi connectivity index (χ1n) is 10.7. The van der Waals surface area contributed by atoms with E-state index in [1.807, 2.05) is 72.6 Å². The molecular weight excluding hydrogens is 402 g/mol. The summed E-state index contributed by atoms with van der Waals surface area (Å²) in [4.78, 5) is 15.5. The molecule has 0 saturated heterocycles. The summed E-state index contributed by atoms with van der Waals surface area (Å²) in [6, 6.07) is 21.8. The average molecular weight is 425 g/mol. The first-order chi connectivity index (χ1) is 15.5. The highest BCUT2D eigenvalue weighted by Gasteiger charge is 2.62. The fourth-order valence-electron chi connectivity index (χ4n) is 5.04. The van der Waals surface area contributed by atoms with Gasteiger partial charge in [0.15, 0.2) is 0 Å². The minimum atomic E-state index is -1.32. The van der Waals surface area contributed by atoms with Crippen LogP contribution in [0.3, 0.4) is 0 Å². The molecule has 2 atom stereocenters. The first kappa shape index (κ1) is 18.9. The average Bonchev–Trinajstić information content (AvgIpc) is 3.35. The lowest BCUT2D eigenvalue weighted by molar-refractivity contribution is -0.163. The zero-order valence-electron chi connectivity index (χ0n) is 18.2. The van der Waals surface area contributed by atoms with Crippen LogP contribution in [0.2, 0.25) is 0 Å². The maximum atomic E-state index is 13.8. The third-order valence-corrected chi connectivity index (χ3v) is 6.66. The molecule has 2 unspecified atom stereocenters. The molecule has 1 amide bonds. The maximum absolute atomic E-state index is 13.8. The number of hydrazone groups is 1.